The van der Waals surface area contributed by atoms with Crippen LogP contribution in [0.2, 0.25) is 0 Å². The van der Waals surface area contributed by atoms with E-state index in [2.05, 4.69) is 41.5 Å². The van der Waals surface area contributed by atoms with Gasteiger partial charge < -0.3 is 9.47 Å². The number of methoxy groups -OCH3 is 1. The van der Waals surface area contributed by atoms with Gasteiger partial charge in [0.05, 0.1) is 6.10 Å². The second kappa shape index (κ2) is 34.1. The second-order valence-electron chi connectivity index (χ2n) is 5.83. The topological polar surface area (TPSA) is 18.5 Å². The van der Waals surface area contributed by atoms with Gasteiger partial charge in [0.25, 0.3) is 0 Å². The van der Waals surface area contributed by atoms with Gasteiger partial charge in [-0.25, -0.2) is 0 Å². The SMILES string of the molecule is CCCC.CCCC.CCCC.COCOC1CCCCC1.[Sn]. The molecular weight excluding hydrogens is 391 g/mol. The first-order valence-electron chi connectivity index (χ1n) is 9.78. The smallest absolute Gasteiger partial charge is 0.146 e. The monoisotopic (exact) mass is 438 g/mol. The number of unbranched alkanes of at least 4 members (excludes halogenated alkanes) is 3. The van der Waals surface area contributed by atoms with Gasteiger partial charge in [0, 0.05) is 31.0 Å². The Hall–Kier alpha value is 0.719. The number of rotatable bonds is 6. The van der Waals surface area contributed by atoms with Crippen LogP contribution in [0.4, 0.5) is 0 Å². The Bertz CT molecular complexity index is 133. The van der Waals surface area contributed by atoms with Crippen molar-refractivity contribution in [3.8, 4) is 0 Å². The van der Waals surface area contributed by atoms with Crippen LogP contribution < -0.4 is 0 Å². The molecule has 0 spiro atoms. The van der Waals surface area contributed by atoms with E-state index in [1.807, 2.05) is 0 Å². The van der Waals surface area contributed by atoms with Crippen LogP contribution >= 0.6 is 0 Å². The van der Waals surface area contributed by atoms with Crippen molar-refractivity contribution in [2.24, 2.45) is 0 Å². The molecule has 4 radical (unpaired) electrons. The molecule has 0 bridgehead atoms. The fraction of sp³-hybridized carbons (Fsp3) is 1.00. The van der Waals surface area contributed by atoms with Gasteiger partial charge in [-0.2, -0.15) is 0 Å². The molecule has 0 saturated heterocycles. The molecule has 23 heavy (non-hydrogen) atoms. The largest absolute Gasteiger partial charge is 0.359 e. The average molecular weight is 437 g/mol. The third kappa shape index (κ3) is 39.5. The molecule has 1 aliphatic carbocycles. The molecule has 0 aromatic rings. The van der Waals surface area contributed by atoms with Gasteiger partial charge in [0.2, 0.25) is 0 Å². The molecule has 1 aliphatic rings. The zero-order chi connectivity index (χ0) is 17.5. The van der Waals surface area contributed by atoms with E-state index in [-0.39, 0.29) is 23.9 Å². The molecule has 0 N–H and O–H groups in total. The third-order valence-electron chi connectivity index (χ3n) is 3.47. The first kappa shape index (κ1) is 31.5. The summed E-state index contributed by atoms with van der Waals surface area (Å²) in [4.78, 5) is 0. The summed E-state index contributed by atoms with van der Waals surface area (Å²) in [5, 5.41) is 0. The van der Waals surface area contributed by atoms with Crippen LogP contribution in [0.1, 0.15) is 112 Å². The Kier molecular flexibility index (Phi) is 46.7. The van der Waals surface area contributed by atoms with E-state index in [1.165, 1.54) is 70.6 Å². The van der Waals surface area contributed by atoms with Crippen LogP contribution in [0, 0.1) is 0 Å². The van der Waals surface area contributed by atoms with Gasteiger partial charge in [-0.1, -0.05) is 99.3 Å². The Morgan fingerprint density at radius 2 is 1.00 bits per heavy atom. The van der Waals surface area contributed by atoms with E-state index in [1.54, 1.807) is 7.11 Å². The van der Waals surface area contributed by atoms with Crippen molar-refractivity contribution in [1.29, 1.82) is 0 Å². The fourth-order valence-corrected chi connectivity index (χ4v) is 1.40. The molecule has 1 rings (SSSR count). The number of hydrogen-bond acceptors (Lipinski definition) is 2. The molecule has 0 aliphatic heterocycles. The number of hydrogen-bond donors (Lipinski definition) is 0. The van der Waals surface area contributed by atoms with Crippen molar-refractivity contribution >= 4 is 23.9 Å². The molecule has 2 nitrogen and oxygen atoms in total. The molecule has 3 heteroatoms. The van der Waals surface area contributed by atoms with Crippen molar-refractivity contribution in [2.45, 2.75) is 118 Å². The van der Waals surface area contributed by atoms with Crippen LogP contribution in [-0.2, 0) is 9.47 Å². The summed E-state index contributed by atoms with van der Waals surface area (Å²) in [7, 11) is 1.67. The minimum absolute atomic E-state index is 0. The Balaban J connectivity index is -0.000000118. The normalized spacial score (nSPS) is 13.2. The van der Waals surface area contributed by atoms with Crippen LogP contribution in [0.5, 0.6) is 0 Å². The zero-order valence-electron chi connectivity index (χ0n) is 17.4. The minimum Gasteiger partial charge on any atom is -0.359 e. The summed E-state index contributed by atoms with van der Waals surface area (Å²) < 4.78 is 10.2. The van der Waals surface area contributed by atoms with E-state index in [0.717, 1.165) is 0 Å². The molecule has 1 fully saturated rings. The van der Waals surface area contributed by atoms with Gasteiger partial charge in [-0.3, -0.25) is 0 Å². The summed E-state index contributed by atoms with van der Waals surface area (Å²) >= 11 is 0. The zero-order valence-corrected chi connectivity index (χ0v) is 20.2. The maximum Gasteiger partial charge on any atom is 0.146 e. The third-order valence-corrected chi connectivity index (χ3v) is 3.47. The standard InChI is InChI=1S/C8H16O2.3C4H10.Sn/c1-9-7-10-8-5-3-2-4-6-8;3*1-3-4-2;/h8H,2-7H2,1H3;3*3-4H2,1-2H3;. The van der Waals surface area contributed by atoms with Crippen molar-refractivity contribution in [3.05, 3.63) is 0 Å². The maximum atomic E-state index is 5.41. The molecule has 0 unspecified atom stereocenters. The van der Waals surface area contributed by atoms with E-state index in [0.29, 0.717) is 12.9 Å². The van der Waals surface area contributed by atoms with Crippen molar-refractivity contribution in [3.63, 3.8) is 0 Å². The molecule has 0 atom stereocenters. The summed E-state index contributed by atoms with van der Waals surface area (Å²) in [6.45, 7) is 13.5. The van der Waals surface area contributed by atoms with Crippen LogP contribution in [0.3, 0.4) is 0 Å². The van der Waals surface area contributed by atoms with Crippen LogP contribution in [0.15, 0.2) is 0 Å². The van der Waals surface area contributed by atoms with Gasteiger partial charge in [-0.15, -0.1) is 0 Å². The quantitative estimate of drug-likeness (QED) is 0.330. The molecular formula is C20H46O2Sn. The fourth-order valence-electron chi connectivity index (χ4n) is 1.40. The first-order chi connectivity index (χ1) is 10.7. The molecule has 1 saturated carbocycles. The first-order valence-corrected chi connectivity index (χ1v) is 9.78. The van der Waals surface area contributed by atoms with Crippen molar-refractivity contribution in [2.75, 3.05) is 13.9 Å². The van der Waals surface area contributed by atoms with Gasteiger partial charge in [-0.05, 0) is 12.8 Å². The molecule has 0 heterocycles. The average Bonchev–Trinajstić information content (AvgIpc) is 2.61. The summed E-state index contributed by atoms with van der Waals surface area (Å²) in [6, 6.07) is 0. The maximum absolute atomic E-state index is 5.41. The summed E-state index contributed by atoms with van der Waals surface area (Å²) in [5.41, 5.74) is 0. The van der Waals surface area contributed by atoms with Crippen molar-refractivity contribution < 1.29 is 9.47 Å². The van der Waals surface area contributed by atoms with Gasteiger partial charge >= 0.3 is 0 Å². The minimum atomic E-state index is 0. The van der Waals surface area contributed by atoms with Crippen LogP contribution in [0.25, 0.3) is 0 Å². The Labute approximate surface area is 165 Å². The summed E-state index contributed by atoms with van der Waals surface area (Å²) in [6.07, 6.45) is 14.9. The van der Waals surface area contributed by atoms with Crippen molar-refractivity contribution in [1.82, 2.24) is 0 Å². The molecule has 0 aromatic carbocycles. The van der Waals surface area contributed by atoms with E-state index in [4.69, 9.17) is 9.47 Å². The molecule has 142 valence electrons. The predicted molar refractivity (Wildman–Crippen MR) is 107 cm³/mol. The van der Waals surface area contributed by atoms with Crippen LogP contribution in [-0.4, -0.2) is 43.9 Å². The molecule has 0 amide bonds. The van der Waals surface area contributed by atoms with E-state index >= 15 is 0 Å². The molecule has 0 aromatic heterocycles. The van der Waals surface area contributed by atoms with Gasteiger partial charge in [0.1, 0.15) is 6.79 Å². The number of ether oxygens (including phenoxy) is 2. The Morgan fingerprint density at radius 1 is 0.652 bits per heavy atom. The van der Waals surface area contributed by atoms with Gasteiger partial charge in [0.15, 0.2) is 0 Å². The second-order valence-corrected chi connectivity index (χ2v) is 5.83. The van der Waals surface area contributed by atoms with E-state index in [9.17, 15) is 0 Å². The predicted octanol–water partition coefficient (Wildman–Crippen LogP) is 6.98. The summed E-state index contributed by atoms with van der Waals surface area (Å²) in [5.74, 6) is 0. The Morgan fingerprint density at radius 3 is 1.26 bits per heavy atom. The van der Waals surface area contributed by atoms with E-state index < -0.39 is 0 Å².